The van der Waals surface area contributed by atoms with Gasteiger partial charge in [-0.3, -0.25) is 4.79 Å². The van der Waals surface area contributed by atoms with Crippen LogP contribution >= 0.6 is 0 Å². The Labute approximate surface area is 176 Å². The van der Waals surface area contributed by atoms with Crippen molar-refractivity contribution in [1.29, 1.82) is 0 Å². The van der Waals surface area contributed by atoms with Gasteiger partial charge in [0.1, 0.15) is 17.3 Å². The van der Waals surface area contributed by atoms with Gasteiger partial charge in [-0.05, 0) is 42.3 Å². The number of carbonyl (C=O) groups excluding carboxylic acids is 1. The Balaban J connectivity index is 1.58. The number of rotatable bonds is 5. The molecule has 30 heavy (non-hydrogen) atoms. The molecule has 3 heterocycles. The van der Waals surface area contributed by atoms with E-state index in [1.807, 2.05) is 54.6 Å². The summed E-state index contributed by atoms with van der Waals surface area (Å²) in [7, 11) is 0. The summed E-state index contributed by atoms with van der Waals surface area (Å²) >= 11 is 0. The molecule has 2 aromatic heterocycles. The van der Waals surface area contributed by atoms with Crippen LogP contribution in [0.5, 0.6) is 0 Å². The Morgan fingerprint density at radius 2 is 1.83 bits per heavy atom. The van der Waals surface area contributed by atoms with E-state index >= 15 is 0 Å². The minimum atomic E-state index is -0.218. The lowest BCUT2D eigenvalue weighted by molar-refractivity contribution is 0.103. The van der Waals surface area contributed by atoms with Crippen LogP contribution in [0.25, 0.3) is 12.2 Å². The summed E-state index contributed by atoms with van der Waals surface area (Å²) in [6.45, 7) is 3.70. The van der Waals surface area contributed by atoms with E-state index in [0.29, 0.717) is 11.3 Å². The molecule has 6 nitrogen and oxygen atoms in total. The average molecular weight is 399 g/mol. The second-order valence-corrected chi connectivity index (χ2v) is 7.25. The lowest BCUT2D eigenvalue weighted by Crippen LogP contribution is -2.29. The predicted octanol–water partition coefficient (Wildman–Crippen LogP) is 3.26. The van der Waals surface area contributed by atoms with Gasteiger partial charge in [-0.1, -0.05) is 48.6 Å². The molecule has 1 saturated heterocycles. The van der Waals surface area contributed by atoms with Gasteiger partial charge in [-0.15, -0.1) is 0 Å². The average Bonchev–Trinajstić information content (AvgIpc) is 3.08. The van der Waals surface area contributed by atoms with Crippen LogP contribution < -0.4 is 16.0 Å². The van der Waals surface area contributed by atoms with Gasteiger partial charge < -0.3 is 16.0 Å². The molecule has 4 rings (SSSR count). The van der Waals surface area contributed by atoms with Crippen LogP contribution in [-0.2, 0) is 0 Å². The van der Waals surface area contributed by atoms with Crippen LogP contribution in [0.15, 0.2) is 60.8 Å². The lowest BCUT2D eigenvalue weighted by Gasteiger charge is -2.21. The first-order valence-corrected chi connectivity index (χ1v) is 10.2. The summed E-state index contributed by atoms with van der Waals surface area (Å²) in [6.07, 6.45) is 6.62. The summed E-state index contributed by atoms with van der Waals surface area (Å²) in [4.78, 5) is 24.2. The van der Waals surface area contributed by atoms with Crippen molar-refractivity contribution in [2.45, 2.75) is 6.42 Å². The van der Waals surface area contributed by atoms with Crippen LogP contribution in [0.2, 0.25) is 0 Å². The highest BCUT2D eigenvalue weighted by Crippen LogP contribution is 2.19. The largest absolute Gasteiger partial charge is 0.383 e. The van der Waals surface area contributed by atoms with Crippen molar-refractivity contribution in [3.05, 3.63) is 83.2 Å². The zero-order valence-corrected chi connectivity index (χ0v) is 16.8. The lowest BCUT2D eigenvalue weighted by atomic mass is 10.1. The maximum Gasteiger partial charge on any atom is 0.215 e. The first kappa shape index (κ1) is 19.8. The number of aromatic nitrogens is 2. The summed E-state index contributed by atoms with van der Waals surface area (Å²) in [5, 5.41) is 3.38. The highest BCUT2D eigenvalue weighted by Gasteiger charge is 2.18. The van der Waals surface area contributed by atoms with Gasteiger partial charge in [-0.25, -0.2) is 9.97 Å². The van der Waals surface area contributed by atoms with Gasteiger partial charge in [0, 0.05) is 25.8 Å². The molecule has 1 aliphatic rings. The second kappa shape index (κ2) is 9.33. The predicted molar refractivity (Wildman–Crippen MR) is 121 cm³/mol. The van der Waals surface area contributed by atoms with Crippen LogP contribution in [0.4, 0.5) is 11.6 Å². The molecule has 0 atom stereocenters. The molecule has 1 aromatic carbocycles. The maximum atomic E-state index is 13.2. The topological polar surface area (TPSA) is 84.1 Å². The van der Waals surface area contributed by atoms with Gasteiger partial charge in [-0.2, -0.15) is 0 Å². The van der Waals surface area contributed by atoms with E-state index in [1.54, 1.807) is 18.3 Å². The molecular formula is C24H25N5O. The third-order valence-corrected chi connectivity index (χ3v) is 5.08. The number of pyridine rings is 2. The minimum absolute atomic E-state index is 0.211. The van der Waals surface area contributed by atoms with Crippen molar-refractivity contribution >= 4 is 29.6 Å². The van der Waals surface area contributed by atoms with Gasteiger partial charge in [0.25, 0.3) is 0 Å². The van der Waals surface area contributed by atoms with E-state index in [9.17, 15) is 4.79 Å². The maximum absolute atomic E-state index is 13.2. The molecule has 3 N–H and O–H groups in total. The number of anilines is 2. The van der Waals surface area contributed by atoms with Crippen molar-refractivity contribution in [1.82, 2.24) is 15.3 Å². The molecule has 0 amide bonds. The first-order valence-electron chi connectivity index (χ1n) is 10.2. The Bertz CT molecular complexity index is 1040. The zero-order chi connectivity index (χ0) is 20.8. The molecule has 0 radical (unpaired) electrons. The Morgan fingerprint density at radius 1 is 1.00 bits per heavy atom. The van der Waals surface area contributed by atoms with E-state index in [2.05, 4.69) is 20.2 Å². The number of carbonyl (C=O) groups is 1. The highest BCUT2D eigenvalue weighted by molar-refractivity contribution is 6.10. The smallest absolute Gasteiger partial charge is 0.215 e. The third kappa shape index (κ3) is 4.72. The SMILES string of the molecule is Nc1ncc(C=Cc2ccccc2)cc1C(=O)c1cccc(N2CCCNCC2)n1. The highest BCUT2D eigenvalue weighted by atomic mass is 16.1. The van der Waals surface area contributed by atoms with Crippen LogP contribution in [-0.4, -0.2) is 41.9 Å². The second-order valence-electron chi connectivity index (χ2n) is 7.25. The van der Waals surface area contributed by atoms with Crippen molar-refractivity contribution in [2.24, 2.45) is 0 Å². The summed E-state index contributed by atoms with van der Waals surface area (Å²) in [5.74, 6) is 0.809. The van der Waals surface area contributed by atoms with E-state index in [4.69, 9.17) is 5.73 Å². The summed E-state index contributed by atoms with van der Waals surface area (Å²) < 4.78 is 0. The molecule has 0 saturated carbocycles. The number of nitrogens with one attached hydrogen (secondary N) is 1. The molecular weight excluding hydrogens is 374 g/mol. The first-order chi connectivity index (χ1) is 14.7. The molecule has 6 heteroatoms. The summed E-state index contributed by atoms with van der Waals surface area (Å²) in [5.41, 5.74) is 8.66. The van der Waals surface area contributed by atoms with Gasteiger partial charge in [0.05, 0.1) is 5.56 Å². The van der Waals surface area contributed by atoms with Crippen molar-refractivity contribution < 1.29 is 4.79 Å². The molecule has 0 unspecified atom stereocenters. The standard InChI is InChI=1S/C24H25N5O/c25-24-20(16-19(17-27-24)11-10-18-6-2-1-3-7-18)23(30)21-8-4-9-22(28-21)29-14-5-12-26-13-15-29/h1-4,6-11,16-17,26H,5,12-15H2,(H2,25,27). The minimum Gasteiger partial charge on any atom is -0.383 e. The number of nitrogens with zero attached hydrogens (tertiary/aromatic N) is 3. The molecule has 3 aromatic rings. The van der Waals surface area contributed by atoms with Gasteiger partial charge >= 0.3 is 0 Å². The number of ketones is 1. The third-order valence-electron chi connectivity index (χ3n) is 5.08. The number of nitrogens with two attached hydrogens (primary N) is 1. The fourth-order valence-electron chi connectivity index (χ4n) is 3.46. The van der Waals surface area contributed by atoms with E-state index < -0.39 is 0 Å². The molecule has 1 fully saturated rings. The molecule has 0 spiro atoms. The van der Waals surface area contributed by atoms with Crippen molar-refractivity contribution in [2.75, 3.05) is 36.8 Å². The molecule has 0 aliphatic carbocycles. The number of hydrogen-bond acceptors (Lipinski definition) is 6. The van der Waals surface area contributed by atoms with E-state index in [-0.39, 0.29) is 11.6 Å². The van der Waals surface area contributed by atoms with Crippen LogP contribution in [0.3, 0.4) is 0 Å². The molecule has 0 bridgehead atoms. The van der Waals surface area contributed by atoms with E-state index in [0.717, 1.165) is 49.5 Å². The fourth-order valence-corrected chi connectivity index (χ4v) is 3.46. The number of benzene rings is 1. The monoisotopic (exact) mass is 399 g/mol. The fraction of sp³-hybridized carbons (Fsp3) is 0.208. The normalized spacial score (nSPS) is 14.6. The van der Waals surface area contributed by atoms with Gasteiger partial charge in [0.2, 0.25) is 5.78 Å². The number of nitrogen functional groups attached to an aromatic ring is 1. The zero-order valence-electron chi connectivity index (χ0n) is 16.8. The Kier molecular flexibility index (Phi) is 6.15. The van der Waals surface area contributed by atoms with E-state index in [1.165, 1.54) is 0 Å². The molecule has 152 valence electrons. The molecule has 1 aliphatic heterocycles. The quantitative estimate of drug-likeness (QED) is 0.641. The van der Waals surface area contributed by atoms with Crippen molar-refractivity contribution in [3.63, 3.8) is 0 Å². The summed E-state index contributed by atoms with van der Waals surface area (Å²) in [6, 6.07) is 17.3. The van der Waals surface area contributed by atoms with Crippen LogP contribution in [0.1, 0.15) is 33.6 Å². The van der Waals surface area contributed by atoms with Crippen LogP contribution in [0, 0.1) is 0 Å². The van der Waals surface area contributed by atoms with Crippen molar-refractivity contribution in [3.8, 4) is 0 Å². The van der Waals surface area contributed by atoms with Gasteiger partial charge in [0.15, 0.2) is 0 Å². The number of hydrogen-bond donors (Lipinski definition) is 2. The Morgan fingerprint density at radius 3 is 2.70 bits per heavy atom. The Hall–Kier alpha value is -3.51.